The molecule has 3 aromatic rings. The maximum Gasteiger partial charge on any atom is 0.274 e. The highest BCUT2D eigenvalue weighted by atomic mass is 32.2. The normalized spacial score (nSPS) is 10.8. The number of nitrogens with one attached hydrogen (secondary N) is 1. The van der Waals surface area contributed by atoms with Crippen molar-refractivity contribution in [1.29, 1.82) is 0 Å². The maximum atomic E-state index is 12.9. The zero-order chi connectivity index (χ0) is 18.5. The molecule has 0 saturated heterocycles. The fourth-order valence-corrected chi connectivity index (χ4v) is 3.61. The van der Waals surface area contributed by atoms with Crippen LogP contribution < -0.4 is 5.56 Å². The molecule has 26 heavy (non-hydrogen) atoms. The quantitative estimate of drug-likeness (QED) is 0.678. The summed E-state index contributed by atoms with van der Waals surface area (Å²) in [5, 5.41) is 7.52. The lowest BCUT2D eigenvalue weighted by molar-refractivity contribution is 0.0769. The fourth-order valence-electron chi connectivity index (χ4n) is 2.74. The minimum absolute atomic E-state index is 0.163. The Labute approximate surface area is 156 Å². The van der Waals surface area contributed by atoms with Crippen LogP contribution in [-0.4, -0.2) is 39.8 Å². The van der Waals surface area contributed by atoms with Crippen molar-refractivity contribution in [3.63, 3.8) is 0 Å². The summed E-state index contributed by atoms with van der Waals surface area (Å²) in [4.78, 5) is 27.8. The van der Waals surface area contributed by atoms with E-state index in [2.05, 4.69) is 41.4 Å². The van der Waals surface area contributed by atoms with Gasteiger partial charge in [0.25, 0.3) is 11.5 Å². The van der Waals surface area contributed by atoms with Gasteiger partial charge in [0.2, 0.25) is 0 Å². The molecule has 5 nitrogen and oxygen atoms in total. The topological polar surface area (TPSA) is 66.1 Å². The average molecular weight is 367 g/mol. The Hall–Kier alpha value is -2.60. The summed E-state index contributed by atoms with van der Waals surface area (Å²) < 4.78 is 0. The Morgan fingerprint density at radius 2 is 1.81 bits per heavy atom. The van der Waals surface area contributed by atoms with E-state index in [1.807, 2.05) is 13.0 Å². The number of hydrogen-bond donors (Lipinski definition) is 1. The lowest BCUT2D eigenvalue weighted by Gasteiger charge is -2.20. The molecule has 0 radical (unpaired) electrons. The lowest BCUT2D eigenvalue weighted by atomic mass is 10.1. The van der Waals surface area contributed by atoms with Gasteiger partial charge in [-0.1, -0.05) is 35.9 Å². The fraction of sp³-hybridized carbons (Fsp3) is 0.250. The van der Waals surface area contributed by atoms with Crippen LogP contribution in [0.3, 0.4) is 0 Å². The van der Waals surface area contributed by atoms with Crippen LogP contribution >= 0.6 is 11.8 Å². The van der Waals surface area contributed by atoms with Crippen LogP contribution in [0.15, 0.2) is 58.2 Å². The van der Waals surface area contributed by atoms with Crippen LogP contribution in [0.25, 0.3) is 10.8 Å². The molecule has 134 valence electrons. The molecule has 3 rings (SSSR count). The molecule has 0 atom stereocenters. The molecule has 1 aromatic heterocycles. The second-order valence-electron chi connectivity index (χ2n) is 5.99. The number of thioether (sulfide) groups is 1. The zero-order valence-corrected chi connectivity index (χ0v) is 15.7. The van der Waals surface area contributed by atoms with Crippen LogP contribution in [0, 0.1) is 6.92 Å². The highest BCUT2D eigenvalue weighted by Crippen LogP contribution is 2.19. The average Bonchev–Trinajstić information content (AvgIpc) is 2.67. The van der Waals surface area contributed by atoms with E-state index in [9.17, 15) is 9.59 Å². The van der Waals surface area contributed by atoms with E-state index in [0.717, 1.165) is 5.75 Å². The smallest absolute Gasteiger partial charge is 0.274 e. The number of amides is 1. The summed E-state index contributed by atoms with van der Waals surface area (Å²) >= 11 is 1.72. The van der Waals surface area contributed by atoms with E-state index in [4.69, 9.17) is 0 Å². The van der Waals surface area contributed by atoms with E-state index in [0.29, 0.717) is 29.6 Å². The first kappa shape index (κ1) is 18.2. The van der Waals surface area contributed by atoms with Gasteiger partial charge in [-0.3, -0.25) is 9.59 Å². The Bertz CT molecular complexity index is 967. The standard InChI is InChI=1S/C20H21N3O2S/c1-3-23(12-13-26-15-10-8-14(2)9-11-15)20(25)18-16-6-4-5-7-17(16)19(24)22-21-18/h4-11H,3,12-13H2,1-2H3,(H,22,24). The Morgan fingerprint density at radius 3 is 2.50 bits per heavy atom. The molecule has 0 aliphatic heterocycles. The van der Waals surface area contributed by atoms with Crippen LogP contribution in [0.2, 0.25) is 0 Å². The summed E-state index contributed by atoms with van der Waals surface area (Å²) in [6, 6.07) is 15.4. The number of H-pyrrole nitrogens is 1. The molecule has 0 saturated carbocycles. The van der Waals surface area contributed by atoms with Gasteiger partial charge in [0.15, 0.2) is 5.69 Å². The predicted molar refractivity (Wildman–Crippen MR) is 106 cm³/mol. The van der Waals surface area contributed by atoms with Crippen LogP contribution in [-0.2, 0) is 0 Å². The van der Waals surface area contributed by atoms with Crippen molar-refractivity contribution in [3.05, 3.63) is 70.1 Å². The molecular formula is C20H21N3O2S. The van der Waals surface area contributed by atoms with Crippen molar-refractivity contribution in [2.75, 3.05) is 18.8 Å². The summed E-state index contributed by atoms with van der Waals surface area (Å²) in [5.74, 6) is 0.633. The summed E-state index contributed by atoms with van der Waals surface area (Å²) in [7, 11) is 0. The molecule has 0 spiro atoms. The molecule has 0 aliphatic rings. The summed E-state index contributed by atoms with van der Waals surface area (Å²) in [5.41, 5.74) is 1.24. The molecule has 6 heteroatoms. The first-order valence-electron chi connectivity index (χ1n) is 8.56. The number of aryl methyl sites for hydroxylation is 1. The van der Waals surface area contributed by atoms with E-state index in [-0.39, 0.29) is 11.5 Å². The van der Waals surface area contributed by atoms with Gasteiger partial charge in [-0.05, 0) is 32.0 Å². The van der Waals surface area contributed by atoms with Crippen LogP contribution in [0.1, 0.15) is 23.0 Å². The molecule has 1 heterocycles. The number of aromatic amines is 1. The van der Waals surface area contributed by atoms with E-state index < -0.39 is 0 Å². The van der Waals surface area contributed by atoms with Crippen molar-refractivity contribution in [1.82, 2.24) is 15.1 Å². The number of nitrogens with zero attached hydrogens (tertiary/aromatic N) is 2. The van der Waals surface area contributed by atoms with Gasteiger partial charge in [-0.2, -0.15) is 5.10 Å². The van der Waals surface area contributed by atoms with Crippen LogP contribution in [0.4, 0.5) is 0 Å². The third kappa shape index (κ3) is 3.96. The molecular weight excluding hydrogens is 346 g/mol. The second-order valence-corrected chi connectivity index (χ2v) is 7.16. The minimum atomic E-state index is -0.282. The first-order chi connectivity index (χ1) is 12.6. The van der Waals surface area contributed by atoms with E-state index in [1.165, 1.54) is 10.5 Å². The Morgan fingerprint density at radius 1 is 1.12 bits per heavy atom. The van der Waals surface area contributed by atoms with Crippen molar-refractivity contribution >= 4 is 28.4 Å². The molecule has 0 bridgehead atoms. The monoisotopic (exact) mass is 367 g/mol. The van der Waals surface area contributed by atoms with Crippen molar-refractivity contribution in [2.24, 2.45) is 0 Å². The van der Waals surface area contributed by atoms with Crippen molar-refractivity contribution < 1.29 is 4.79 Å². The predicted octanol–water partition coefficient (Wildman–Crippen LogP) is 3.49. The van der Waals surface area contributed by atoms with Gasteiger partial charge in [0.05, 0.1) is 5.39 Å². The first-order valence-corrected chi connectivity index (χ1v) is 9.55. The van der Waals surface area contributed by atoms with Gasteiger partial charge < -0.3 is 4.90 Å². The molecule has 0 aliphatic carbocycles. The summed E-state index contributed by atoms with van der Waals surface area (Å²) in [6.07, 6.45) is 0. The molecule has 2 aromatic carbocycles. The number of hydrogen-bond acceptors (Lipinski definition) is 4. The van der Waals surface area contributed by atoms with Gasteiger partial charge >= 0.3 is 0 Å². The van der Waals surface area contributed by atoms with E-state index in [1.54, 1.807) is 34.9 Å². The third-order valence-corrected chi connectivity index (χ3v) is 5.21. The highest BCUT2D eigenvalue weighted by molar-refractivity contribution is 7.99. The van der Waals surface area contributed by atoms with Crippen molar-refractivity contribution in [2.45, 2.75) is 18.7 Å². The van der Waals surface area contributed by atoms with Gasteiger partial charge in [0.1, 0.15) is 0 Å². The van der Waals surface area contributed by atoms with Gasteiger partial charge in [-0.15, -0.1) is 11.8 Å². The maximum absolute atomic E-state index is 12.9. The zero-order valence-electron chi connectivity index (χ0n) is 14.9. The largest absolute Gasteiger partial charge is 0.337 e. The van der Waals surface area contributed by atoms with Crippen LogP contribution in [0.5, 0.6) is 0 Å². The van der Waals surface area contributed by atoms with Crippen molar-refractivity contribution in [3.8, 4) is 0 Å². The highest BCUT2D eigenvalue weighted by Gasteiger charge is 2.19. The number of fused-ring (bicyclic) bond motifs is 1. The second kappa shape index (κ2) is 8.19. The number of carbonyl (C=O) groups excluding carboxylic acids is 1. The summed E-state index contributed by atoms with van der Waals surface area (Å²) in [6.45, 7) is 5.21. The number of carbonyl (C=O) groups is 1. The molecule has 1 amide bonds. The minimum Gasteiger partial charge on any atom is -0.337 e. The molecule has 1 N–H and O–H groups in total. The SMILES string of the molecule is CCN(CCSc1ccc(C)cc1)C(=O)c1n[nH]c(=O)c2ccccc12. The third-order valence-electron chi connectivity index (χ3n) is 4.22. The van der Waals surface area contributed by atoms with E-state index >= 15 is 0 Å². The molecule has 0 fully saturated rings. The lowest BCUT2D eigenvalue weighted by Crippen LogP contribution is -2.34. The molecule has 0 unspecified atom stereocenters. The van der Waals surface area contributed by atoms with Gasteiger partial charge in [-0.25, -0.2) is 5.10 Å². The van der Waals surface area contributed by atoms with Gasteiger partial charge in [0, 0.05) is 29.1 Å². The number of aromatic nitrogens is 2. The Balaban J connectivity index is 1.74. The Kier molecular flexibility index (Phi) is 5.73. The number of rotatable bonds is 6. The number of benzene rings is 2.